The van der Waals surface area contributed by atoms with Gasteiger partial charge in [0, 0.05) is 36.3 Å². The van der Waals surface area contributed by atoms with Gasteiger partial charge in [0.1, 0.15) is 44.9 Å². The van der Waals surface area contributed by atoms with Crippen molar-refractivity contribution in [2.45, 2.75) is 170 Å². The summed E-state index contributed by atoms with van der Waals surface area (Å²) >= 11 is 0. The van der Waals surface area contributed by atoms with Gasteiger partial charge >= 0.3 is 0 Å². The van der Waals surface area contributed by atoms with Gasteiger partial charge in [-0.15, -0.1) is 0 Å². The van der Waals surface area contributed by atoms with E-state index in [-0.39, 0.29) is 77.8 Å². The Labute approximate surface area is 629 Å². The average Bonchev–Trinajstić information content (AvgIpc) is 1.38. The predicted octanol–water partition coefficient (Wildman–Crippen LogP) is 12.9. The highest BCUT2D eigenvalue weighted by Gasteiger charge is 2.59. The topological polar surface area (TPSA) is 459 Å². The molecule has 2 heterocycles. The first-order valence-corrected chi connectivity index (χ1v) is 47.0. The van der Waals surface area contributed by atoms with Crippen molar-refractivity contribution in [1.29, 1.82) is 0 Å². The van der Waals surface area contributed by atoms with Crippen LogP contribution in [0.5, 0.6) is 46.0 Å². The third kappa shape index (κ3) is 21.9. The zero-order valence-electron chi connectivity index (χ0n) is 62.9. The highest BCUT2D eigenvalue weighted by Crippen LogP contribution is 2.67. The lowest BCUT2D eigenvalue weighted by atomic mass is 9.47. The molecule has 3 fully saturated rings. The molecule has 0 radical (unpaired) electrons. The largest absolute Gasteiger partial charge is 0.771 e. The third-order valence-corrected chi connectivity index (χ3v) is 23.9. The molecule has 1 unspecified atom stereocenters. The number of allylic oxidation sites excluding steroid dienone is 1. The van der Waals surface area contributed by atoms with Crippen molar-refractivity contribution < 1.29 is 115 Å². The van der Waals surface area contributed by atoms with E-state index in [2.05, 4.69) is 44.9 Å². The Hall–Kier alpha value is -6.25. The minimum absolute atomic E-state index is 0.0171. The van der Waals surface area contributed by atoms with Crippen LogP contribution in [0, 0.1) is 60.2 Å². The van der Waals surface area contributed by atoms with Gasteiger partial charge in [-0.05, 0) is 203 Å². The van der Waals surface area contributed by atoms with E-state index < -0.39 is 142 Å². The summed E-state index contributed by atoms with van der Waals surface area (Å²) in [5.74, 6) is -2.87. The molecule has 6 aromatic rings. The molecule has 0 spiro atoms. The van der Waals surface area contributed by atoms with Crippen LogP contribution in [-0.4, -0.2) is 130 Å². The first-order valence-electron chi connectivity index (χ1n) is 36.3. The minimum atomic E-state index is -6.71. The first-order chi connectivity index (χ1) is 49.5. The van der Waals surface area contributed by atoms with Crippen LogP contribution in [0.4, 0.5) is 0 Å². The summed E-state index contributed by atoms with van der Waals surface area (Å²) < 4.78 is 249. The van der Waals surface area contributed by atoms with Crippen molar-refractivity contribution in [2.24, 2.45) is 46.3 Å². The lowest BCUT2D eigenvalue weighted by Crippen LogP contribution is -2.51. The molecule has 4 aliphatic rings. The number of fused-ring (bicyclic) bond motifs is 7. The van der Waals surface area contributed by atoms with E-state index >= 15 is 0 Å². The van der Waals surface area contributed by atoms with E-state index in [9.17, 15) is 76.2 Å². The van der Waals surface area contributed by atoms with Crippen LogP contribution in [0.3, 0.4) is 0 Å². The van der Waals surface area contributed by atoms with E-state index in [0.717, 1.165) is 117 Å². The number of rotatable bonds is 34. The minimum Gasteiger partial charge on any atom is -0.771 e. The molecular formula is C75H98O28S5-10. The number of unbranched alkanes of at least 4 members (excludes halogenated alkanes) is 5. The Morgan fingerprint density at radius 1 is 0.500 bits per heavy atom. The summed E-state index contributed by atoms with van der Waals surface area (Å²) in [4.78, 5) is 29.1. The fourth-order valence-corrected chi connectivity index (χ4v) is 19.3. The van der Waals surface area contributed by atoms with Crippen molar-refractivity contribution in [3.05, 3.63) is 104 Å². The summed E-state index contributed by atoms with van der Waals surface area (Å²) in [5, 5.41) is -1.24. The first kappa shape index (κ1) is 84.2. The SMILES string of the molecule is Cc1cc(OCCCOc2cc(OS(C)(=O)([O-])[O-])cc3oc(-c4ccc(C)c(OS(C)(=O)([O-])[O-])c4)c(OS(C)(=O)([O-])[O-])c(=O)c23)c2c(=O)c(OS(C)(=O)([O-])[O-])c(-c3ccc(OS(C)(=O)([O-])[O-])c(OCCCCCCCCOC4CC[C@@]5(C)C(=CC[C@H]6[C@@H]7CC[C@H]([C@H](C)CCCC(C)C)[C@@]7(C)CC[C@@H]65)C4)c3)oc2c1. The van der Waals surface area contributed by atoms with Gasteiger partial charge < -0.3 is 94.2 Å². The van der Waals surface area contributed by atoms with Crippen LogP contribution in [0.2, 0.25) is 0 Å². The Morgan fingerprint density at radius 3 is 1.58 bits per heavy atom. The number of aryl methyl sites for hydroxylation is 2. The molecule has 0 saturated heterocycles. The van der Waals surface area contributed by atoms with Gasteiger partial charge in [-0.25, -0.2) is 0 Å². The van der Waals surface area contributed by atoms with Crippen LogP contribution < -0.4 is 46.0 Å². The molecule has 108 heavy (non-hydrogen) atoms. The lowest BCUT2D eigenvalue weighted by molar-refractivity contribution is -0.0641. The molecule has 606 valence electrons. The van der Waals surface area contributed by atoms with Crippen LogP contribution in [0.15, 0.2) is 90.7 Å². The maximum absolute atomic E-state index is 14.7. The van der Waals surface area contributed by atoms with Gasteiger partial charge in [0.15, 0.2) is 23.0 Å². The number of hydrogen-bond donors (Lipinski definition) is 0. The van der Waals surface area contributed by atoms with Gasteiger partial charge in [-0.3, -0.25) is 30.6 Å². The normalized spacial score (nSPS) is 23.4. The summed E-state index contributed by atoms with van der Waals surface area (Å²) in [5.41, 5.74) is -1.77. The van der Waals surface area contributed by atoms with E-state index in [4.69, 9.17) is 44.5 Å². The molecule has 3 saturated carbocycles. The smallest absolute Gasteiger partial charge is 0.240 e. The van der Waals surface area contributed by atoms with E-state index in [1.54, 1.807) is 12.5 Å². The summed E-state index contributed by atoms with van der Waals surface area (Å²) in [6, 6.07) is 10.3. The summed E-state index contributed by atoms with van der Waals surface area (Å²) in [6.45, 7) is 14.9. The molecule has 28 nitrogen and oxygen atoms in total. The molecule has 10 rings (SSSR count). The third-order valence-electron chi connectivity index (χ3n) is 21.2. The van der Waals surface area contributed by atoms with Crippen molar-refractivity contribution in [3.8, 4) is 68.6 Å². The van der Waals surface area contributed by atoms with E-state index in [1.807, 2.05) is 0 Å². The molecule has 0 aliphatic heterocycles. The number of benzene rings is 4. The molecule has 2 aromatic heterocycles. The molecular weight excluding hydrogens is 1510 g/mol. The van der Waals surface area contributed by atoms with Gasteiger partial charge in [-0.2, -0.15) is 0 Å². The second-order valence-electron chi connectivity index (χ2n) is 31.6. The Bertz CT molecular complexity index is 4890. The van der Waals surface area contributed by atoms with Gasteiger partial charge in [-0.1, -0.05) is 153 Å². The maximum Gasteiger partial charge on any atom is 0.240 e. The van der Waals surface area contributed by atoms with Crippen molar-refractivity contribution in [2.75, 3.05) is 57.7 Å². The summed E-state index contributed by atoms with van der Waals surface area (Å²) in [6.07, 6.45) is 22.0. The fraction of sp³-hybridized carbons (Fsp3) is 0.573. The van der Waals surface area contributed by atoms with Crippen LogP contribution in [-0.2, 0) is 54.3 Å². The molecule has 4 aromatic carbocycles. The predicted molar refractivity (Wildman–Crippen MR) is 398 cm³/mol. The Kier molecular flexibility index (Phi) is 23.1. The molecule has 8 atom stereocenters. The van der Waals surface area contributed by atoms with Gasteiger partial charge in [0.25, 0.3) is 0 Å². The second-order valence-corrected chi connectivity index (χ2v) is 43.2. The molecule has 4 aliphatic carbocycles. The lowest BCUT2D eigenvalue weighted by Gasteiger charge is -2.58. The Balaban J connectivity index is 0.795. The molecule has 0 amide bonds. The fourth-order valence-electron chi connectivity index (χ4n) is 16.7. The van der Waals surface area contributed by atoms with Crippen LogP contribution >= 0.6 is 0 Å². The van der Waals surface area contributed by atoms with Gasteiger partial charge in [0.05, 0.1) is 25.9 Å². The zero-order valence-corrected chi connectivity index (χ0v) is 67.0. The van der Waals surface area contributed by atoms with Crippen molar-refractivity contribution in [1.82, 2.24) is 0 Å². The van der Waals surface area contributed by atoms with Crippen molar-refractivity contribution in [3.63, 3.8) is 0 Å². The van der Waals surface area contributed by atoms with Crippen LogP contribution in [0.1, 0.15) is 161 Å². The van der Waals surface area contributed by atoms with E-state index in [1.165, 1.54) is 70.4 Å². The standard InChI is InChI=1S/C75H108O28S5/c1-46(2)21-19-22-48(4)56-28-29-57-55-27-26-52-43-53(31-33-74(52,6)58(55)32-34-75(56,57)7)93-35-17-15-13-14-16-18-36-94-61-42-51(25-30-59(61)100-105(9,81,82)83)71-72(102-107(11,87,88)89)68(76)66-62(39-47(3)40-64(66)97-71)95-37-20-38-96-63-44-54(99-104(8,78,79)80)45-65-67(63)69(77)73(103-108(12,90,91)92)70(98-65)50-24-23-49(5)60(41-50)101-106(10,84,85)86/h23-26,30,39-42,44-46,48,53,55-58H,13-22,27-29,31-38,43H2,1-12H3,(H2,78,79,80)(H2,81,82,83)(H2,84,85,86)(H2,87,88,89)(H2,90,91,92)/p-10/t48-,53?,55+,56-,57+,58+,74+,75-/m1/s1. The second kappa shape index (κ2) is 29.7. The zero-order chi connectivity index (χ0) is 79.5. The van der Waals surface area contributed by atoms with Crippen molar-refractivity contribution >= 4 is 71.5 Å². The van der Waals surface area contributed by atoms with Crippen LogP contribution in [0.25, 0.3) is 44.6 Å². The maximum atomic E-state index is 14.7. The highest BCUT2D eigenvalue weighted by atomic mass is 32.3. The molecule has 0 N–H and O–H groups in total. The average molecular weight is 1610 g/mol. The van der Waals surface area contributed by atoms with E-state index in [0.29, 0.717) is 48.8 Å². The summed E-state index contributed by atoms with van der Waals surface area (Å²) in [7, 11) is -32.3. The molecule has 0 bridgehead atoms. The highest BCUT2D eigenvalue weighted by molar-refractivity contribution is 8.06. The Morgan fingerprint density at radius 2 is 1.01 bits per heavy atom. The monoisotopic (exact) mass is 1610 g/mol. The quantitative estimate of drug-likeness (QED) is 0.0267. The van der Waals surface area contributed by atoms with Gasteiger partial charge in [0.2, 0.25) is 22.4 Å². The number of ether oxygens (including phenoxy) is 4. The molecule has 33 heteroatoms. The number of hydrogen-bond acceptors (Lipinski definition) is 28.